The van der Waals surface area contributed by atoms with E-state index in [1.165, 1.54) is 16.7 Å². The van der Waals surface area contributed by atoms with E-state index in [0.29, 0.717) is 18.4 Å². The first-order chi connectivity index (χ1) is 12.5. The molecule has 7 nitrogen and oxygen atoms in total. The Morgan fingerprint density at radius 2 is 2.04 bits per heavy atom. The average Bonchev–Trinajstić information content (AvgIpc) is 3.07. The number of nitrogens with zero attached hydrogens (tertiary/aromatic N) is 3. The smallest absolute Gasteiger partial charge is 0.247 e. The lowest BCUT2D eigenvalue weighted by Crippen LogP contribution is -2.48. The fraction of sp³-hybridized carbons (Fsp3) is 0.579. The number of benzene rings is 1. The van der Waals surface area contributed by atoms with Crippen molar-refractivity contribution in [2.45, 2.75) is 45.9 Å². The van der Waals surface area contributed by atoms with Gasteiger partial charge in [0.15, 0.2) is 6.10 Å². The Labute approximate surface area is 166 Å². The minimum absolute atomic E-state index is 0. The van der Waals surface area contributed by atoms with Gasteiger partial charge in [-0.15, -0.1) is 22.6 Å². The Kier molecular flexibility index (Phi) is 7.76. The molecule has 0 aliphatic carbocycles. The molecule has 2 aromatic rings. The number of aromatic nitrogens is 2. The maximum Gasteiger partial charge on any atom is 0.247 e. The van der Waals surface area contributed by atoms with Crippen molar-refractivity contribution in [1.29, 1.82) is 0 Å². The van der Waals surface area contributed by atoms with E-state index in [2.05, 4.69) is 53.3 Å². The minimum Gasteiger partial charge on any atom is -0.422 e. The molecule has 1 fully saturated rings. The maximum atomic E-state index is 9.60. The lowest BCUT2D eigenvalue weighted by Gasteiger charge is -2.32. The van der Waals surface area contributed by atoms with Crippen molar-refractivity contribution in [1.82, 2.24) is 20.4 Å². The van der Waals surface area contributed by atoms with E-state index < -0.39 is 12.7 Å². The van der Waals surface area contributed by atoms with Gasteiger partial charge in [-0.05, 0) is 37.5 Å². The highest BCUT2D eigenvalue weighted by atomic mass is 35.5. The fourth-order valence-electron chi connectivity index (χ4n) is 3.47. The Morgan fingerprint density at radius 1 is 1.30 bits per heavy atom. The van der Waals surface area contributed by atoms with Gasteiger partial charge in [-0.3, -0.25) is 4.90 Å². The largest absolute Gasteiger partial charge is 0.422 e. The van der Waals surface area contributed by atoms with Crippen LogP contribution in [0.4, 0.5) is 0 Å². The van der Waals surface area contributed by atoms with Crippen LogP contribution in [0.15, 0.2) is 16.5 Å². The number of hydrogen-bond donors (Lipinski definition) is 3. The van der Waals surface area contributed by atoms with Crippen molar-refractivity contribution in [3.05, 3.63) is 46.2 Å². The van der Waals surface area contributed by atoms with E-state index >= 15 is 0 Å². The Bertz CT molecular complexity index is 753. The summed E-state index contributed by atoms with van der Waals surface area (Å²) in [5, 5.41) is 29.9. The van der Waals surface area contributed by atoms with Gasteiger partial charge in [0.05, 0.1) is 13.0 Å². The van der Waals surface area contributed by atoms with Gasteiger partial charge in [0.1, 0.15) is 0 Å². The second kappa shape index (κ2) is 9.61. The summed E-state index contributed by atoms with van der Waals surface area (Å²) in [6.07, 6.45) is -0.607. The molecule has 0 unspecified atom stereocenters. The van der Waals surface area contributed by atoms with E-state index in [0.717, 1.165) is 31.7 Å². The number of aliphatic hydroxyl groups is 2. The van der Waals surface area contributed by atoms with Crippen LogP contribution in [0.5, 0.6) is 0 Å². The van der Waals surface area contributed by atoms with E-state index in [4.69, 9.17) is 9.52 Å². The van der Waals surface area contributed by atoms with Crippen LogP contribution in [0.2, 0.25) is 0 Å². The summed E-state index contributed by atoms with van der Waals surface area (Å²) in [6.45, 7) is 10.1. The number of piperazine rings is 1. The molecular weight excluding hydrogens is 368 g/mol. The molecule has 3 rings (SSSR count). The zero-order valence-electron chi connectivity index (χ0n) is 16.1. The number of hydrogen-bond acceptors (Lipinski definition) is 7. The third-order valence-electron chi connectivity index (χ3n) is 4.90. The summed E-state index contributed by atoms with van der Waals surface area (Å²) in [6, 6.07) is 4.91. The van der Waals surface area contributed by atoms with E-state index in [-0.39, 0.29) is 18.3 Å². The predicted octanol–water partition coefficient (Wildman–Crippen LogP) is 1.52. The first-order valence-corrected chi connectivity index (χ1v) is 9.12. The van der Waals surface area contributed by atoms with Gasteiger partial charge in [-0.25, -0.2) is 0 Å². The lowest BCUT2D eigenvalue weighted by atomic mass is 9.96. The van der Waals surface area contributed by atoms with Crippen molar-refractivity contribution in [3.8, 4) is 0 Å². The molecule has 2 atom stereocenters. The van der Waals surface area contributed by atoms with Crippen LogP contribution in [0.3, 0.4) is 0 Å². The van der Waals surface area contributed by atoms with E-state index in [1.807, 2.05) is 0 Å². The summed E-state index contributed by atoms with van der Waals surface area (Å²) < 4.78 is 5.49. The summed E-state index contributed by atoms with van der Waals surface area (Å²) in [7, 11) is 0. The summed E-state index contributed by atoms with van der Waals surface area (Å²) >= 11 is 0. The first kappa shape index (κ1) is 21.8. The molecule has 150 valence electrons. The molecule has 2 heterocycles. The highest BCUT2D eigenvalue weighted by Crippen LogP contribution is 2.22. The summed E-state index contributed by atoms with van der Waals surface area (Å²) in [5.41, 5.74) is 4.92. The highest BCUT2D eigenvalue weighted by molar-refractivity contribution is 5.85. The molecule has 1 saturated heterocycles. The predicted molar refractivity (Wildman–Crippen MR) is 105 cm³/mol. The zero-order chi connectivity index (χ0) is 18.7. The molecule has 0 saturated carbocycles. The number of aryl methyl sites for hydroxylation is 1. The fourth-order valence-corrected chi connectivity index (χ4v) is 3.47. The highest BCUT2D eigenvalue weighted by Gasteiger charge is 2.19. The SMILES string of the molecule is Cc1cc(Cc2nnc([C@@H](O)CO)o2)c(C)c(CN2CCN[C@@H](C)C2)c1.Cl. The van der Waals surface area contributed by atoms with Crippen molar-refractivity contribution in [2.24, 2.45) is 0 Å². The van der Waals surface area contributed by atoms with Crippen LogP contribution in [-0.2, 0) is 13.0 Å². The van der Waals surface area contributed by atoms with Crippen molar-refractivity contribution in [2.75, 3.05) is 26.2 Å². The summed E-state index contributed by atoms with van der Waals surface area (Å²) in [4.78, 5) is 2.48. The third kappa shape index (κ3) is 5.49. The van der Waals surface area contributed by atoms with Crippen molar-refractivity contribution in [3.63, 3.8) is 0 Å². The van der Waals surface area contributed by atoms with Crippen molar-refractivity contribution < 1.29 is 14.6 Å². The second-order valence-electron chi connectivity index (χ2n) is 7.21. The minimum atomic E-state index is -1.12. The molecule has 3 N–H and O–H groups in total. The number of aliphatic hydroxyl groups excluding tert-OH is 2. The van der Waals surface area contributed by atoms with Crippen LogP contribution in [0, 0.1) is 13.8 Å². The molecule has 1 aliphatic rings. The van der Waals surface area contributed by atoms with Gasteiger partial charge >= 0.3 is 0 Å². The Hall–Kier alpha value is -1.51. The van der Waals surface area contributed by atoms with E-state index in [9.17, 15) is 5.11 Å². The Morgan fingerprint density at radius 3 is 2.74 bits per heavy atom. The summed E-state index contributed by atoms with van der Waals surface area (Å²) in [5.74, 6) is 0.505. The molecule has 0 radical (unpaired) electrons. The van der Waals surface area contributed by atoms with E-state index in [1.54, 1.807) is 0 Å². The van der Waals surface area contributed by atoms with Gasteiger partial charge in [-0.2, -0.15) is 0 Å². The first-order valence-electron chi connectivity index (χ1n) is 9.12. The van der Waals surface area contributed by atoms with Crippen LogP contribution in [0.1, 0.15) is 47.1 Å². The average molecular weight is 397 g/mol. The number of halogens is 1. The quantitative estimate of drug-likeness (QED) is 0.681. The molecule has 1 aromatic heterocycles. The van der Waals surface area contributed by atoms with Crippen LogP contribution >= 0.6 is 12.4 Å². The monoisotopic (exact) mass is 396 g/mol. The maximum absolute atomic E-state index is 9.60. The molecule has 1 aliphatic heterocycles. The number of nitrogens with one attached hydrogen (secondary N) is 1. The molecule has 8 heteroatoms. The standard InChI is InChI=1S/C19H28N4O3.ClH/c1-12-6-15(8-18-21-22-19(26-18)17(25)11-24)14(3)16(7-12)10-23-5-4-20-13(2)9-23;/h6-7,13,17,20,24-25H,4-5,8-11H2,1-3H3;1H/t13-,17-;/m0./s1. The number of rotatable bonds is 6. The van der Waals surface area contributed by atoms with Gasteiger partial charge in [-0.1, -0.05) is 17.7 Å². The second-order valence-corrected chi connectivity index (χ2v) is 7.21. The van der Waals surface area contributed by atoms with Gasteiger partial charge < -0.3 is 19.9 Å². The van der Waals surface area contributed by atoms with Crippen LogP contribution < -0.4 is 5.32 Å². The molecule has 1 aromatic carbocycles. The molecule has 0 bridgehead atoms. The normalized spacial score (nSPS) is 18.9. The van der Waals surface area contributed by atoms with Gasteiger partial charge in [0.25, 0.3) is 0 Å². The molecule has 27 heavy (non-hydrogen) atoms. The Balaban J connectivity index is 0.00000261. The van der Waals surface area contributed by atoms with Crippen LogP contribution in [0.25, 0.3) is 0 Å². The zero-order valence-corrected chi connectivity index (χ0v) is 16.9. The molecule has 0 amide bonds. The van der Waals surface area contributed by atoms with Gasteiger partial charge in [0, 0.05) is 32.2 Å². The third-order valence-corrected chi connectivity index (χ3v) is 4.90. The van der Waals surface area contributed by atoms with Crippen LogP contribution in [-0.4, -0.2) is 57.6 Å². The molecular formula is C19H29ClN4O3. The van der Waals surface area contributed by atoms with Gasteiger partial charge in [0.2, 0.25) is 11.8 Å². The topological polar surface area (TPSA) is 94.7 Å². The lowest BCUT2D eigenvalue weighted by molar-refractivity contribution is 0.0722. The molecule has 0 spiro atoms. The van der Waals surface area contributed by atoms with Crippen molar-refractivity contribution >= 4 is 12.4 Å².